The summed E-state index contributed by atoms with van der Waals surface area (Å²) >= 11 is 0. The number of carboxylic acids is 2. The molecule has 4 N–H and O–H groups in total. The lowest BCUT2D eigenvalue weighted by atomic mass is 10.3. The molecule has 0 fully saturated rings. The Morgan fingerprint density at radius 1 is 1.23 bits per heavy atom. The van der Waals surface area contributed by atoms with Gasteiger partial charge in [-0.25, -0.2) is 9.59 Å². The van der Waals surface area contributed by atoms with Crippen LogP contribution in [0.2, 0.25) is 0 Å². The first-order chi connectivity index (χ1) is 5.74. The molecular formula is C4H6NO7P. The molecule has 0 spiro atoms. The van der Waals surface area contributed by atoms with E-state index in [4.69, 9.17) is 20.0 Å². The summed E-state index contributed by atoms with van der Waals surface area (Å²) in [5, 5.41) is 16.4. The van der Waals surface area contributed by atoms with Crippen molar-refractivity contribution in [3.8, 4) is 0 Å². The Morgan fingerprint density at radius 3 is 1.85 bits per heavy atom. The van der Waals surface area contributed by atoms with Gasteiger partial charge in [-0.2, -0.15) is 0 Å². The highest BCUT2D eigenvalue weighted by molar-refractivity contribution is 7.67. The lowest BCUT2D eigenvalue weighted by Gasteiger charge is -2.00. The lowest BCUT2D eigenvalue weighted by Crippen LogP contribution is -2.27. The second kappa shape index (κ2) is 4.13. The van der Waals surface area contributed by atoms with Crippen LogP contribution in [0, 0.1) is 0 Å². The van der Waals surface area contributed by atoms with E-state index in [9.17, 15) is 14.2 Å². The predicted octanol–water partition coefficient (Wildman–Crippen LogP) is -1.27. The van der Waals surface area contributed by atoms with Crippen molar-refractivity contribution in [3.63, 3.8) is 0 Å². The van der Waals surface area contributed by atoms with E-state index in [-0.39, 0.29) is 5.96 Å². The first-order valence-corrected chi connectivity index (χ1v) is 4.47. The van der Waals surface area contributed by atoms with Crippen molar-refractivity contribution in [1.82, 2.24) is 0 Å². The maximum atomic E-state index is 10.1. The van der Waals surface area contributed by atoms with Gasteiger partial charge in [0, 0.05) is 0 Å². The topological polar surface area (TPSA) is 144 Å². The Morgan fingerprint density at radius 2 is 1.62 bits per heavy atom. The molecule has 13 heavy (non-hydrogen) atoms. The first-order valence-electron chi connectivity index (χ1n) is 2.79. The molecule has 0 radical (unpaired) electrons. The highest BCUT2D eigenvalue weighted by Crippen LogP contribution is 2.30. The van der Waals surface area contributed by atoms with Gasteiger partial charge in [0.05, 0.1) is 0 Å². The van der Waals surface area contributed by atoms with E-state index in [1.165, 1.54) is 0 Å². The van der Waals surface area contributed by atoms with Crippen molar-refractivity contribution >= 4 is 25.5 Å². The van der Waals surface area contributed by atoms with Crippen LogP contribution in [-0.4, -0.2) is 43.9 Å². The molecular weight excluding hydrogens is 205 g/mol. The molecule has 0 aromatic carbocycles. The van der Waals surface area contributed by atoms with Crippen molar-refractivity contribution < 1.29 is 34.2 Å². The second-order valence-corrected chi connectivity index (χ2v) is 3.34. The number of rotatable bonds is 4. The summed E-state index contributed by atoms with van der Waals surface area (Å²) in [5.74, 6) is -3.59. The molecule has 8 nitrogen and oxygen atoms in total. The first kappa shape index (κ1) is 11.8. The molecule has 9 heteroatoms. The zero-order valence-electron chi connectivity index (χ0n) is 6.06. The standard InChI is InChI=1S/C4H6NO7P/c6-3(7)2(4(8)9)5-1-13(10,11)12/h1-2H,(H,6,7)(H,8,9)(H2,10,11,12). The van der Waals surface area contributed by atoms with E-state index in [2.05, 4.69) is 4.99 Å². The van der Waals surface area contributed by atoms with Crippen molar-refractivity contribution in [1.29, 1.82) is 0 Å². The van der Waals surface area contributed by atoms with Gasteiger partial charge in [-0.1, -0.05) is 0 Å². The molecule has 0 saturated heterocycles. The van der Waals surface area contributed by atoms with Crippen LogP contribution in [0.5, 0.6) is 0 Å². The summed E-state index contributed by atoms with van der Waals surface area (Å²) in [6.45, 7) is 0. The molecule has 0 amide bonds. The summed E-state index contributed by atoms with van der Waals surface area (Å²) in [7, 11) is -4.62. The average molecular weight is 211 g/mol. The van der Waals surface area contributed by atoms with Gasteiger partial charge in [0.2, 0.25) is 6.04 Å². The van der Waals surface area contributed by atoms with Crippen LogP contribution in [0.25, 0.3) is 0 Å². The predicted molar refractivity (Wildman–Crippen MR) is 39.6 cm³/mol. The zero-order valence-corrected chi connectivity index (χ0v) is 6.96. The van der Waals surface area contributed by atoms with Crippen molar-refractivity contribution in [3.05, 3.63) is 0 Å². The molecule has 0 aliphatic heterocycles. The van der Waals surface area contributed by atoms with Gasteiger partial charge in [-0.15, -0.1) is 0 Å². The Kier molecular flexibility index (Phi) is 3.73. The van der Waals surface area contributed by atoms with Crippen molar-refractivity contribution in [2.45, 2.75) is 6.04 Å². The van der Waals surface area contributed by atoms with Gasteiger partial charge in [-0.05, 0) is 0 Å². The van der Waals surface area contributed by atoms with Gasteiger partial charge in [-0.3, -0.25) is 9.56 Å². The Balaban J connectivity index is 4.64. The van der Waals surface area contributed by atoms with Crippen LogP contribution in [0.15, 0.2) is 4.99 Å². The number of carboxylic acid groups (broad SMARTS) is 2. The fraction of sp³-hybridized carbons (Fsp3) is 0.250. The van der Waals surface area contributed by atoms with Crippen LogP contribution in [0.1, 0.15) is 0 Å². The van der Waals surface area contributed by atoms with E-state index in [1.54, 1.807) is 0 Å². The van der Waals surface area contributed by atoms with Crippen LogP contribution in [0.4, 0.5) is 0 Å². The van der Waals surface area contributed by atoms with Crippen LogP contribution < -0.4 is 0 Å². The van der Waals surface area contributed by atoms with Crippen molar-refractivity contribution in [2.75, 3.05) is 0 Å². The van der Waals surface area contributed by atoms with E-state index < -0.39 is 25.6 Å². The number of nitrogens with zero attached hydrogens (tertiary/aromatic N) is 1. The highest BCUT2D eigenvalue weighted by Gasteiger charge is 2.25. The molecule has 0 bridgehead atoms. The van der Waals surface area contributed by atoms with Gasteiger partial charge in [0.1, 0.15) is 5.96 Å². The minimum Gasteiger partial charge on any atom is -0.479 e. The fourth-order valence-electron chi connectivity index (χ4n) is 0.387. The number of hydrogen-bond acceptors (Lipinski definition) is 4. The van der Waals surface area contributed by atoms with Crippen LogP contribution >= 0.6 is 7.60 Å². The molecule has 0 heterocycles. The molecule has 0 unspecified atom stereocenters. The Bertz CT molecular complexity index is 277. The maximum absolute atomic E-state index is 10.1. The minimum atomic E-state index is -4.62. The summed E-state index contributed by atoms with van der Waals surface area (Å²) in [6, 6.07) is -2.19. The summed E-state index contributed by atoms with van der Waals surface area (Å²) in [6.07, 6.45) is 0. The zero-order chi connectivity index (χ0) is 10.6. The van der Waals surface area contributed by atoms with E-state index in [0.29, 0.717) is 0 Å². The number of carbonyl (C=O) groups is 2. The molecule has 0 aliphatic rings. The third kappa shape index (κ3) is 5.07. The van der Waals surface area contributed by atoms with Gasteiger partial charge in [0.15, 0.2) is 0 Å². The summed E-state index contributed by atoms with van der Waals surface area (Å²) in [5.41, 5.74) is 0. The van der Waals surface area contributed by atoms with Gasteiger partial charge < -0.3 is 20.0 Å². The molecule has 0 aromatic rings. The molecule has 0 aromatic heterocycles. The van der Waals surface area contributed by atoms with Crippen LogP contribution in [-0.2, 0) is 14.2 Å². The Hall–Kier alpha value is -1.24. The fourth-order valence-corrected chi connectivity index (χ4v) is 0.694. The third-order valence-electron chi connectivity index (χ3n) is 0.834. The number of aliphatic imine (C=N–C) groups is 1. The SMILES string of the molecule is O=C(O)C(N=CP(=O)(O)O)C(=O)O. The number of hydrogen-bond donors (Lipinski definition) is 4. The normalized spacial score (nSPS) is 12.2. The van der Waals surface area contributed by atoms with Gasteiger partial charge in [0.25, 0.3) is 0 Å². The summed E-state index contributed by atoms with van der Waals surface area (Å²) < 4.78 is 10.1. The third-order valence-corrected chi connectivity index (χ3v) is 1.27. The maximum Gasteiger partial charge on any atom is 0.366 e. The van der Waals surface area contributed by atoms with Crippen LogP contribution in [0.3, 0.4) is 0 Å². The van der Waals surface area contributed by atoms with Gasteiger partial charge >= 0.3 is 19.5 Å². The second-order valence-electron chi connectivity index (χ2n) is 1.93. The molecule has 0 atom stereocenters. The molecule has 74 valence electrons. The van der Waals surface area contributed by atoms with E-state index in [1.807, 2.05) is 0 Å². The monoisotopic (exact) mass is 211 g/mol. The quantitative estimate of drug-likeness (QED) is 0.257. The van der Waals surface area contributed by atoms with Crippen molar-refractivity contribution in [2.24, 2.45) is 4.99 Å². The smallest absolute Gasteiger partial charge is 0.366 e. The highest BCUT2D eigenvalue weighted by atomic mass is 31.2. The molecule has 0 rings (SSSR count). The lowest BCUT2D eigenvalue weighted by molar-refractivity contribution is -0.149. The molecule has 0 aliphatic carbocycles. The Labute approximate surface area is 71.7 Å². The van der Waals surface area contributed by atoms with E-state index in [0.717, 1.165) is 0 Å². The summed E-state index contributed by atoms with van der Waals surface area (Å²) in [4.78, 5) is 39.3. The largest absolute Gasteiger partial charge is 0.479 e. The molecule has 0 saturated carbocycles. The minimum absolute atomic E-state index is 0.0000926. The average Bonchev–Trinajstić information content (AvgIpc) is 1.82. The van der Waals surface area contributed by atoms with E-state index >= 15 is 0 Å². The number of aliphatic carboxylic acids is 2.